The molecule has 0 bridgehead atoms. The van der Waals surface area contributed by atoms with Crippen molar-refractivity contribution >= 4 is 48.2 Å². The second kappa shape index (κ2) is 15.7. The van der Waals surface area contributed by atoms with Gasteiger partial charge in [0.15, 0.2) is 5.96 Å². The fourth-order valence-electron chi connectivity index (χ4n) is 2.58. The van der Waals surface area contributed by atoms with Gasteiger partial charge in [-0.05, 0) is 26.2 Å². The van der Waals surface area contributed by atoms with Gasteiger partial charge >= 0.3 is 5.97 Å². The average Bonchev–Trinajstić information content (AvgIpc) is 2.74. The summed E-state index contributed by atoms with van der Waals surface area (Å²) in [4.78, 5) is 63.3. The Kier molecular flexibility index (Phi) is 14.2. The number of aliphatic hydroxyl groups excluding tert-OH is 1. The van der Waals surface area contributed by atoms with Crippen LogP contribution in [0.15, 0.2) is 4.99 Å². The van der Waals surface area contributed by atoms with Gasteiger partial charge in [0.2, 0.25) is 23.6 Å². The zero-order chi connectivity index (χ0) is 26.4. The van der Waals surface area contributed by atoms with E-state index in [1.165, 1.54) is 6.92 Å². The van der Waals surface area contributed by atoms with E-state index >= 15 is 0 Å². The van der Waals surface area contributed by atoms with Gasteiger partial charge in [0.1, 0.15) is 18.1 Å². The summed E-state index contributed by atoms with van der Waals surface area (Å²) in [7, 11) is 0. The number of hydrogen-bond donors (Lipinski definition) is 10. The normalized spacial score (nSPS) is 15.1. The van der Waals surface area contributed by atoms with Gasteiger partial charge in [-0.25, -0.2) is 4.79 Å². The largest absolute Gasteiger partial charge is 0.480 e. The average molecular weight is 507 g/mol. The molecule has 5 atom stereocenters. The molecule has 0 aromatic rings. The highest BCUT2D eigenvalue weighted by Crippen LogP contribution is 2.03. The van der Waals surface area contributed by atoms with E-state index in [0.29, 0.717) is 0 Å². The molecule has 0 rings (SSSR count). The Morgan fingerprint density at radius 3 is 2.00 bits per heavy atom. The molecule has 0 aliphatic carbocycles. The van der Waals surface area contributed by atoms with Crippen LogP contribution >= 0.6 is 12.6 Å². The predicted octanol–water partition coefficient (Wildman–Crippen LogP) is -4.52. The third-order valence-electron chi connectivity index (χ3n) is 4.48. The smallest absolute Gasteiger partial charge is 0.326 e. The van der Waals surface area contributed by atoms with Crippen LogP contribution in [0.25, 0.3) is 0 Å². The van der Waals surface area contributed by atoms with Crippen molar-refractivity contribution in [2.75, 3.05) is 12.3 Å². The molecular formula is C18H34N8O7S. The maximum Gasteiger partial charge on any atom is 0.326 e. The van der Waals surface area contributed by atoms with Crippen molar-refractivity contribution < 1.29 is 34.2 Å². The lowest BCUT2D eigenvalue weighted by molar-refractivity contribution is -0.142. The van der Waals surface area contributed by atoms with Crippen LogP contribution in [0.2, 0.25) is 0 Å². The fraction of sp³-hybridized carbons (Fsp3) is 0.667. The number of nitrogens with one attached hydrogen (secondary N) is 3. The number of hydrogen-bond acceptors (Lipinski definition) is 9. The monoisotopic (exact) mass is 506 g/mol. The molecule has 194 valence electrons. The van der Waals surface area contributed by atoms with E-state index in [-0.39, 0.29) is 43.9 Å². The summed E-state index contributed by atoms with van der Waals surface area (Å²) in [6, 6.07) is -5.22. The van der Waals surface area contributed by atoms with Crippen LogP contribution in [0.4, 0.5) is 0 Å². The van der Waals surface area contributed by atoms with Gasteiger partial charge in [0.05, 0.1) is 12.1 Å². The number of rotatable bonds is 16. The number of amides is 4. The van der Waals surface area contributed by atoms with Gasteiger partial charge in [-0.15, -0.1) is 0 Å². The molecule has 0 fully saturated rings. The van der Waals surface area contributed by atoms with Crippen molar-refractivity contribution in [1.29, 1.82) is 0 Å². The van der Waals surface area contributed by atoms with Crippen LogP contribution in [0.1, 0.15) is 32.6 Å². The quantitative estimate of drug-likeness (QED) is 0.0414. The zero-order valence-electron chi connectivity index (χ0n) is 18.8. The molecule has 0 aromatic carbocycles. The molecule has 0 spiro atoms. The molecule has 0 radical (unpaired) electrons. The molecule has 0 aliphatic heterocycles. The zero-order valence-corrected chi connectivity index (χ0v) is 19.7. The Morgan fingerprint density at radius 1 is 0.941 bits per heavy atom. The van der Waals surface area contributed by atoms with Gasteiger partial charge < -0.3 is 49.1 Å². The molecule has 4 amide bonds. The van der Waals surface area contributed by atoms with Crippen LogP contribution in [0, 0.1) is 0 Å². The summed E-state index contributed by atoms with van der Waals surface area (Å²) >= 11 is 4.00. The van der Waals surface area contributed by atoms with Crippen molar-refractivity contribution in [1.82, 2.24) is 16.0 Å². The van der Waals surface area contributed by atoms with Crippen LogP contribution in [0.5, 0.6) is 0 Å². The minimum Gasteiger partial charge on any atom is -0.480 e. The molecule has 0 saturated heterocycles. The van der Waals surface area contributed by atoms with E-state index < -0.39 is 59.9 Å². The topological polar surface area (TPSA) is 278 Å². The Morgan fingerprint density at radius 2 is 1.53 bits per heavy atom. The summed E-state index contributed by atoms with van der Waals surface area (Å²) < 4.78 is 0. The van der Waals surface area contributed by atoms with Crippen LogP contribution < -0.4 is 38.9 Å². The molecule has 34 heavy (non-hydrogen) atoms. The maximum absolute atomic E-state index is 12.6. The lowest BCUT2D eigenvalue weighted by Gasteiger charge is -2.25. The minimum absolute atomic E-state index is 0.0145. The summed E-state index contributed by atoms with van der Waals surface area (Å²) in [6.45, 7) is 1.39. The number of aliphatic hydroxyl groups is 1. The number of aliphatic imine (C=N–C) groups is 1. The first kappa shape index (κ1) is 30.9. The maximum atomic E-state index is 12.6. The third kappa shape index (κ3) is 12.2. The van der Waals surface area contributed by atoms with Gasteiger partial charge in [-0.1, -0.05) is 0 Å². The van der Waals surface area contributed by atoms with E-state index in [1.807, 2.05) is 0 Å². The minimum atomic E-state index is -1.49. The van der Waals surface area contributed by atoms with Crippen LogP contribution in [-0.2, 0) is 24.0 Å². The highest BCUT2D eigenvalue weighted by atomic mass is 32.1. The molecule has 13 N–H and O–H groups in total. The number of carboxylic acid groups (broad SMARTS) is 1. The van der Waals surface area contributed by atoms with Crippen molar-refractivity contribution in [3.8, 4) is 0 Å². The van der Waals surface area contributed by atoms with Gasteiger partial charge in [0, 0.05) is 18.7 Å². The molecule has 0 aliphatic rings. The van der Waals surface area contributed by atoms with E-state index in [9.17, 15) is 34.2 Å². The summed E-state index contributed by atoms with van der Waals surface area (Å²) in [5.74, 6) is -4.92. The molecule has 16 heteroatoms. The summed E-state index contributed by atoms with van der Waals surface area (Å²) in [5, 5.41) is 26.1. The summed E-state index contributed by atoms with van der Waals surface area (Å²) in [5.41, 5.74) is 21.1. The number of guanidine groups is 1. The van der Waals surface area contributed by atoms with E-state index in [2.05, 4.69) is 33.6 Å². The highest BCUT2D eigenvalue weighted by molar-refractivity contribution is 7.80. The van der Waals surface area contributed by atoms with Crippen LogP contribution in [0.3, 0.4) is 0 Å². The second-order valence-corrected chi connectivity index (χ2v) is 7.80. The molecule has 0 aromatic heterocycles. The Bertz CT molecular complexity index is 761. The second-order valence-electron chi connectivity index (χ2n) is 7.43. The van der Waals surface area contributed by atoms with E-state index in [0.717, 1.165) is 0 Å². The van der Waals surface area contributed by atoms with Gasteiger partial charge in [0.25, 0.3) is 0 Å². The molecule has 15 nitrogen and oxygen atoms in total. The standard InChI is InChI=1S/C18H34N8O7S/c1-8(27)13(26-14(29)9(19)4-5-12(20)28)16(31)25-11(7-34)15(30)24-10(17(32)33)3-2-6-23-18(21)22/h8-11,13,27,34H,2-7,19H2,1H3,(H2,20,28)(H,24,30)(H,25,31)(H,26,29)(H,32,33)(H4,21,22,23). The number of primary amides is 1. The molecule has 0 saturated carbocycles. The van der Waals surface area contributed by atoms with Crippen molar-refractivity contribution in [2.24, 2.45) is 27.9 Å². The predicted molar refractivity (Wildman–Crippen MR) is 125 cm³/mol. The first-order chi connectivity index (χ1) is 15.8. The van der Waals surface area contributed by atoms with Crippen molar-refractivity contribution in [3.63, 3.8) is 0 Å². The summed E-state index contributed by atoms with van der Waals surface area (Å²) in [6.07, 6.45) is -1.33. The highest BCUT2D eigenvalue weighted by Gasteiger charge is 2.31. The third-order valence-corrected chi connectivity index (χ3v) is 4.84. The first-order valence-electron chi connectivity index (χ1n) is 10.3. The Labute approximate surface area is 201 Å². The Hall–Kier alpha value is -3.11. The first-order valence-corrected chi connectivity index (χ1v) is 11.0. The lowest BCUT2D eigenvalue weighted by Crippen LogP contribution is -2.60. The number of nitrogens with zero attached hydrogens (tertiary/aromatic N) is 1. The molecular weight excluding hydrogens is 472 g/mol. The van der Waals surface area contributed by atoms with E-state index in [4.69, 9.17) is 22.9 Å². The number of thiol groups is 1. The van der Waals surface area contributed by atoms with Gasteiger partial charge in [-0.3, -0.25) is 24.2 Å². The number of aliphatic carboxylic acids is 1. The molecule has 0 heterocycles. The fourth-order valence-corrected chi connectivity index (χ4v) is 2.84. The lowest BCUT2D eigenvalue weighted by atomic mass is 10.1. The molecule has 5 unspecified atom stereocenters. The Balaban J connectivity index is 5.10. The number of nitrogens with two attached hydrogens (primary N) is 4. The van der Waals surface area contributed by atoms with Crippen molar-refractivity contribution in [2.45, 2.75) is 62.9 Å². The van der Waals surface area contributed by atoms with Crippen molar-refractivity contribution in [3.05, 3.63) is 0 Å². The van der Waals surface area contributed by atoms with E-state index in [1.54, 1.807) is 0 Å². The number of carbonyl (C=O) groups is 5. The van der Waals surface area contributed by atoms with Crippen LogP contribution in [-0.4, -0.2) is 88.3 Å². The SMILES string of the molecule is CC(O)C(NC(=O)C(N)CCC(N)=O)C(=O)NC(CS)C(=O)NC(CCCN=C(N)N)C(=O)O. The number of carbonyl (C=O) groups excluding carboxylic acids is 4. The number of carboxylic acids is 1. The van der Waals surface area contributed by atoms with Gasteiger partial charge in [-0.2, -0.15) is 12.6 Å².